The van der Waals surface area contributed by atoms with E-state index < -0.39 is 5.60 Å². The zero-order chi connectivity index (χ0) is 19.6. The molecular weight excluding hydrogens is 386 g/mol. The van der Waals surface area contributed by atoms with Crippen molar-refractivity contribution in [2.45, 2.75) is 19.4 Å². The van der Waals surface area contributed by atoms with Crippen LogP contribution in [0.4, 0.5) is 5.69 Å². The second-order valence-electron chi connectivity index (χ2n) is 6.50. The maximum atomic E-state index is 9.79. The van der Waals surface area contributed by atoms with E-state index >= 15 is 0 Å². The maximum absolute atomic E-state index is 9.79. The lowest BCUT2D eigenvalue weighted by atomic mass is 9.99. The summed E-state index contributed by atoms with van der Waals surface area (Å²) in [5, 5.41) is 13.7. The Morgan fingerprint density at radius 2 is 2.00 bits per heavy atom. The van der Waals surface area contributed by atoms with Gasteiger partial charge in [-0.1, -0.05) is 11.6 Å². The average Bonchev–Trinajstić information content (AvgIpc) is 2.60. The third-order valence-electron chi connectivity index (χ3n) is 3.84. The van der Waals surface area contributed by atoms with E-state index in [4.69, 9.17) is 33.3 Å². The first-order valence-electron chi connectivity index (χ1n) is 8.19. The van der Waals surface area contributed by atoms with Crippen molar-refractivity contribution in [3.63, 3.8) is 0 Å². The van der Waals surface area contributed by atoms with Gasteiger partial charge in [-0.05, 0) is 68.5 Å². The molecule has 0 atom stereocenters. The minimum absolute atomic E-state index is 0.151. The number of phenols is 1. The zero-order valence-electron chi connectivity index (χ0n) is 15.1. The smallest absolute Gasteiger partial charge is 0.189 e. The van der Waals surface area contributed by atoms with Gasteiger partial charge in [0.1, 0.15) is 22.8 Å². The summed E-state index contributed by atoms with van der Waals surface area (Å²) in [6.07, 6.45) is 1.91. The van der Waals surface area contributed by atoms with Gasteiger partial charge in [-0.25, -0.2) is 0 Å². The largest absolute Gasteiger partial charge is 0.508 e. The molecule has 4 N–H and O–H groups in total. The van der Waals surface area contributed by atoms with Crippen molar-refractivity contribution < 1.29 is 14.6 Å². The second-order valence-corrected chi connectivity index (χ2v) is 7.31. The lowest BCUT2D eigenvalue weighted by molar-refractivity contribution is 0.157. The predicted octanol–water partition coefficient (Wildman–Crippen LogP) is 4.06. The van der Waals surface area contributed by atoms with E-state index in [1.165, 1.54) is 0 Å². The number of fused-ring (bicyclic) bond motifs is 1. The van der Waals surface area contributed by atoms with Crippen LogP contribution in [0.5, 0.6) is 17.2 Å². The summed E-state index contributed by atoms with van der Waals surface area (Å²) in [7, 11) is 1.56. The molecule has 2 aromatic carbocycles. The van der Waals surface area contributed by atoms with Gasteiger partial charge >= 0.3 is 0 Å². The number of hydrazine groups is 1. The van der Waals surface area contributed by atoms with Crippen LogP contribution in [0, 0.1) is 0 Å². The van der Waals surface area contributed by atoms with Crippen LogP contribution < -0.4 is 25.6 Å². The van der Waals surface area contributed by atoms with Gasteiger partial charge in [-0.15, -0.1) is 0 Å². The Balaban J connectivity index is 1.70. The number of thiocarbonyl (C=S) groups is 1. The van der Waals surface area contributed by atoms with E-state index in [2.05, 4.69) is 16.2 Å². The number of ether oxygens (including phenoxy) is 2. The predicted molar refractivity (Wildman–Crippen MR) is 111 cm³/mol. The van der Waals surface area contributed by atoms with Gasteiger partial charge in [0.2, 0.25) is 0 Å². The molecule has 1 aliphatic heterocycles. The molecule has 0 amide bonds. The molecule has 0 radical (unpaired) electrons. The first kappa shape index (κ1) is 19.1. The summed E-state index contributed by atoms with van der Waals surface area (Å²) in [5.74, 6) is 1.41. The van der Waals surface area contributed by atoms with Gasteiger partial charge in [-0.2, -0.15) is 0 Å². The van der Waals surface area contributed by atoms with Crippen molar-refractivity contribution >= 4 is 40.3 Å². The maximum Gasteiger partial charge on any atom is 0.189 e. The molecule has 0 bridgehead atoms. The number of rotatable bonds is 4. The van der Waals surface area contributed by atoms with Crippen molar-refractivity contribution in [2.24, 2.45) is 0 Å². The Labute approximate surface area is 168 Å². The molecule has 0 unspecified atom stereocenters. The number of benzene rings is 2. The number of aromatic hydroxyl groups is 1. The third kappa shape index (κ3) is 4.56. The summed E-state index contributed by atoms with van der Waals surface area (Å²) in [6.45, 7) is 3.89. The molecule has 27 heavy (non-hydrogen) atoms. The minimum Gasteiger partial charge on any atom is -0.508 e. The summed E-state index contributed by atoms with van der Waals surface area (Å²) < 4.78 is 11.0. The molecule has 6 nitrogen and oxygen atoms in total. The SMILES string of the molecule is COc1ccc(NC(=S)NNC2=CC(C)(C)Oc3ccc(O)cc32)cc1Cl. The van der Waals surface area contributed by atoms with Crippen LogP contribution in [0.2, 0.25) is 5.02 Å². The molecule has 0 fully saturated rings. The fraction of sp³-hybridized carbons (Fsp3) is 0.211. The molecule has 142 valence electrons. The number of hydrogen-bond donors (Lipinski definition) is 4. The van der Waals surface area contributed by atoms with Gasteiger partial charge in [0.25, 0.3) is 0 Å². The molecule has 2 aromatic rings. The summed E-state index contributed by atoms with van der Waals surface area (Å²) in [5.41, 5.74) is 7.71. The highest BCUT2D eigenvalue weighted by Crippen LogP contribution is 2.36. The zero-order valence-corrected chi connectivity index (χ0v) is 16.7. The fourth-order valence-corrected chi connectivity index (χ4v) is 3.12. The third-order valence-corrected chi connectivity index (χ3v) is 4.34. The Bertz CT molecular complexity index is 915. The number of anilines is 1. The van der Waals surface area contributed by atoms with Crippen molar-refractivity contribution in [3.05, 3.63) is 53.1 Å². The number of halogens is 1. The van der Waals surface area contributed by atoms with Gasteiger partial charge in [0, 0.05) is 11.3 Å². The van der Waals surface area contributed by atoms with Crippen LogP contribution in [0.1, 0.15) is 19.4 Å². The molecule has 0 aromatic heterocycles. The van der Waals surface area contributed by atoms with Crippen LogP contribution in [-0.4, -0.2) is 22.9 Å². The lowest BCUT2D eigenvalue weighted by Gasteiger charge is -2.31. The van der Waals surface area contributed by atoms with E-state index in [1.54, 1.807) is 37.4 Å². The van der Waals surface area contributed by atoms with Crippen LogP contribution >= 0.6 is 23.8 Å². The van der Waals surface area contributed by atoms with Gasteiger partial charge < -0.3 is 19.9 Å². The van der Waals surface area contributed by atoms with Crippen LogP contribution in [0.25, 0.3) is 5.70 Å². The lowest BCUT2D eigenvalue weighted by Crippen LogP contribution is -2.41. The van der Waals surface area contributed by atoms with E-state index in [0.29, 0.717) is 21.6 Å². The first-order chi connectivity index (χ1) is 12.8. The number of nitrogens with one attached hydrogen (secondary N) is 3. The Kier molecular flexibility index (Phi) is 5.34. The quantitative estimate of drug-likeness (QED) is 0.451. The molecule has 0 aliphatic carbocycles. The van der Waals surface area contributed by atoms with Crippen LogP contribution in [-0.2, 0) is 0 Å². The Morgan fingerprint density at radius 1 is 1.22 bits per heavy atom. The summed E-state index contributed by atoms with van der Waals surface area (Å²) in [4.78, 5) is 0. The van der Waals surface area contributed by atoms with Crippen molar-refractivity contribution in [1.82, 2.24) is 10.9 Å². The first-order valence-corrected chi connectivity index (χ1v) is 8.98. The summed E-state index contributed by atoms with van der Waals surface area (Å²) >= 11 is 11.4. The topological polar surface area (TPSA) is 74.8 Å². The number of phenolic OH excluding ortho intramolecular Hbond substituents is 1. The Morgan fingerprint density at radius 3 is 2.70 bits per heavy atom. The summed E-state index contributed by atoms with van der Waals surface area (Å²) in [6, 6.07) is 10.2. The van der Waals surface area contributed by atoms with Gasteiger partial charge in [0.05, 0.1) is 17.8 Å². The molecule has 1 heterocycles. The van der Waals surface area contributed by atoms with Crippen LogP contribution in [0.3, 0.4) is 0 Å². The normalized spacial score (nSPS) is 14.3. The van der Waals surface area contributed by atoms with Gasteiger partial charge in [-0.3, -0.25) is 10.9 Å². The molecule has 8 heteroatoms. The molecule has 1 aliphatic rings. The monoisotopic (exact) mass is 405 g/mol. The highest BCUT2D eigenvalue weighted by Gasteiger charge is 2.27. The van der Waals surface area contributed by atoms with Crippen molar-refractivity contribution in [3.8, 4) is 17.2 Å². The highest BCUT2D eigenvalue weighted by atomic mass is 35.5. The van der Waals surface area contributed by atoms with E-state index in [-0.39, 0.29) is 5.75 Å². The molecule has 3 rings (SSSR count). The highest BCUT2D eigenvalue weighted by molar-refractivity contribution is 7.80. The average molecular weight is 406 g/mol. The Hall–Kier alpha value is -2.64. The van der Waals surface area contributed by atoms with E-state index in [0.717, 1.165) is 16.9 Å². The fourth-order valence-electron chi connectivity index (χ4n) is 2.69. The number of methoxy groups -OCH3 is 1. The standard InChI is InChI=1S/C19H20ClN3O3S/c1-19(2)10-15(13-9-12(24)5-7-16(13)26-19)22-23-18(27)21-11-4-6-17(25-3)14(20)8-11/h4-10,22,24H,1-3H3,(H2,21,23,27). The molecular formula is C19H20ClN3O3S. The second kappa shape index (κ2) is 7.54. The molecule has 0 saturated carbocycles. The van der Waals surface area contributed by atoms with Crippen molar-refractivity contribution in [1.29, 1.82) is 0 Å². The van der Waals surface area contributed by atoms with E-state index in [9.17, 15) is 5.11 Å². The number of hydrogen-bond acceptors (Lipinski definition) is 5. The van der Waals surface area contributed by atoms with Gasteiger partial charge in [0.15, 0.2) is 5.11 Å². The molecule has 0 saturated heterocycles. The molecule has 0 spiro atoms. The minimum atomic E-state index is -0.507. The van der Waals surface area contributed by atoms with Crippen molar-refractivity contribution in [2.75, 3.05) is 12.4 Å². The van der Waals surface area contributed by atoms with Crippen LogP contribution in [0.15, 0.2) is 42.5 Å². The van der Waals surface area contributed by atoms with E-state index in [1.807, 2.05) is 26.0 Å².